The molecular formula is C23H20Cl2N2O5S. The number of nitrogens with one attached hydrogen (secondary N) is 1. The number of amides is 1. The van der Waals surface area contributed by atoms with E-state index in [2.05, 4.69) is 5.32 Å². The van der Waals surface area contributed by atoms with E-state index in [4.69, 9.17) is 27.9 Å². The van der Waals surface area contributed by atoms with Gasteiger partial charge in [-0.3, -0.25) is 4.79 Å². The molecule has 0 radical (unpaired) electrons. The van der Waals surface area contributed by atoms with Crippen LogP contribution in [0.3, 0.4) is 0 Å². The Morgan fingerprint density at radius 1 is 0.939 bits per heavy atom. The summed E-state index contributed by atoms with van der Waals surface area (Å²) >= 11 is 12.1. The maximum Gasteiger partial charge on any atom is 0.339 e. The number of halogens is 2. The first-order chi connectivity index (χ1) is 15.7. The number of carbonyl (C=O) groups is 2. The predicted octanol–water partition coefficient (Wildman–Crippen LogP) is 4.61. The molecule has 0 aliphatic carbocycles. The lowest BCUT2D eigenvalue weighted by atomic mass is 10.2. The average molecular weight is 507 g/mol. The molecule has 0 saturated heterocycles. The molecule has 0 spiro atoms. The Hall–Kier alpha value is -2.91. The molecule has 172 valence electrons. The van der Waals surface area contributed by atoms with E-state index in [1.54, 1.807) is 36.4 Å². The first-order valence-corrected chi connectivity index (χ1v) is 11.9. The van der Waals surface area contributed by atoms with Crippen LogP contribution in [0, 0.1) is 0 Å². The van der Waals surface area contributed by atoms with Crippen LogP contribution in [-0.2, 0) is 26.1 Å². The topological polar surface area (TPSA) is 92.8 Å². The number of carbonyl (C=O) groups excluding carboxylic acids is 2. The quantitative estimate of drug-likeness (QED) is 0.450. The zero-order valence-electron chi connectivity index (χ0n) is 17.5. The summed E-state index contributed by atoms with van der Waals surface area (Å²) in [4.78, 5) is 24.8. The third-order valence-electron chi connectivity index (χ3n) is 4.68. The zero-order chi connectivity index (χ0) is 24.0. The first kappa shape index (κ1) is 24.7. The van der Waals surface area contributed by atoms with Gasteiger partial charge in [-0.05, 0) is 48.0 Å². The minimum atomic E-state index is -4.09. The van der Waals surface area contributed by atoms with Crippen molar-refractivity contribution in [3.63, 3.8) is 0 Å². The number of rotatable bonds is 8. The van der Waals surface area contributed by atoms with Gasteiger partial charge in [0.15, 0.2) is 0 Å². The van der Waals surface area contributed by atoms with Crippen LogP contribution in [0.1, 0.15) is 15.9 Å². The van der Waals surface area contributed by atoms with Gasteiger partial charge in [0.05, 0.1) is 29.8 Å². The van der Waals surface area contributed by atoms with Crippen molar-refractivity contribution in [1.82, 2.24) is 4.31 Å². The SMILES string of the molecule is COC(=O)c1ccccc1NC(=O)CN(Cc1ccccc1Cl)S(=O)(=O)c1ccc(Cl)cc1. The van der Waals surface area contributed by atoms with Gasteiger partial charge in [-0.15, -0.1) is 0 Å². The number of methoxy groups -OCH3 is 1. The number of benzene rings is 3. The van der Waals surface area contributed by atoms with Gasteiger partial charge in [0.1, 0.15) is 0 Å². The van der Waals surface area contributed by atoms with Gasteiger partial charge in [-0.25, -0.2) is 13.2 Å². The molecule has 3 aromatic carbocycles. The van der Waals surface area contributed by atoms with E-state index in [1.807, 2.05) is 0 Å². The number of ether oxygens (including phenoxy) is 1. The highest BCUT2D eigenvalue weighted by Crippen LogP contribution is 2.24. The van der Waals surface area contributed by atoms with Crippen molar-refractivity contribution in [1.29, 1.82) is 0 Å². The normalized spacial score (nSPS) is 11.3. The van der Waals surface area contributed by atoms with Crippen LogP contribution in [0.2, 0.25) is 10.0 Å². The Labute approximate surface area is 201 Å². The minimum absolute atomic E-state index is 0.0262. The number of para-hydroxylation sites is 1. The van der Waals surface area contributed by atoms with E-state index >= 15 is 0 Å². The van der Waals surface area contributed by atoms with E-state index in [0.29, 0.717) is 15.6 Å². The van der Waals surface area contributed by atoms with Crippen LogP contribution < -0.4 is 5.32 Å². The van der Waals surface area contributed by atoms with Crippen molar-refractivity contribution in [3.05, 3.63) is 94.0 Å². The van der Waals surface area contributed by atoms with E-state index in [1.165, 1.54) is 43.5 Å². The molecule has 33 heavy (non-hydrogen) atoms. The van der Waals surface area contributed by atoms with Gasteiger partial charge in [0.25, 0.3) is 0 Å². The molecule has 0 aliphatic rings. The molecule has 0 unspecified atom stereocenters. The fourth-order valence-corrected chi connectivity index (χ4v) is 4.72. The molecule has 0 aliphatic heterocycles. The summed E-state index contributed by atoms with van der Waals surface area (Å²) in [5, 5.41) is 3.33. The predicted molar refractivity (Wildman–Crippen MR) is 127 cm³/mol. The second kappa shape index (κ2) is 10.8. The Kier molecular flexibility index (Phi) is 8.10. The van der Waals surface area contributed by atoms with Crippen molar-refractivity contribution in [2.24, 2.45) is 0 Å². The molecule has 0 heterocycles. The van der Waals surface area contributed by atoms with E-state index in [0.717, 1.165) is 4.31 Å². The average Bonchev–Trinajstić information content (AvgIpc) is 2.80. The molecule has 0 bridgehead atoms. The fraction of sp³-hybridized carbons (Fsp3) is 0.130. The number of nitrogens with zero attached hydrogens (tertiary/aromatic N) is 1. The van der Waals surface area contributed by atoms with Gasteiger partial charge in [-0.1, -0.05) is 53.5 Å². The van der Waals surface area contributed by atoms with Crippen molar-refractivity contribution in [2.45, 2.75) is 11.4 Å². The maximum atomic E-state index is 13.4. The van der Waals surface area contributed by atoms with Gasteiger partial charge in [0.2, 0.25) is 15.9 Å². The minimum Gasteiger partial charge on any atom is -0.465 e. The van der Waals surface area contributed by atoms with Crippen LogP contribution in [0.15, 0.2) is 77.7 Å². The summed E-state index contributed by atoms with van der Waals surface area (Å²) in [5.41, 5.74) is 0.877. The van der Waals surface area contributed by atoms with Gasteiger partial charge in [0, 0.05) is 16.6 Å². The van der Waals surface area contributed by atoms with Gasteiger partial charge >= 0.3 is 5.97 Å². The van der Waals surface area contributed by atoms with Crippen LogP contribution in [0.4, 0.5) is 5.69 Å². The van der Waals surface area contributed by atoms with Crippen LogP contribution in [-0.4, -0.2) is 38.3 Å². The Balaban J connectivity index is 1.92. The molecule has 10 heteroatoms. The van der Waals surface area contributed by atoms with E-state index < -0.39 is 28.4 Å². The highest BCUT2D eigenvalue weighted by molar-refractivity contribution is 7.89. The second-order valence-electron chi connectivity index (χ2n) is 6.90. The van der Waals surface area contributed by atoms with Gasteiger partial charge in [-0.2, -0.15) is 4.31 Å². The molecule has 0 saturated carbocycles. The second-order valence-corrected chi connectivity index (χ2v) is 9.69. The smallest absolute Gasteiger partial charge is 0.339 e. The molecule has 0 aromatic heterocycles. The molecule has 1 amide bonds. The lowest BCUT2D eigenvalue weighted by molar-refractivity contribution is -0.116. The Bertz CT molecular complexity index is 1260. The summed E-state index contributed by atoms with van der Waals surface area (Å²) in [6.45, 7) is -0.664. The molecule has 3 aromatic rings. The van der Waals surface area contributed by atoms with Crippen molar-refractivity contribution in [2.75, 3.05) is 19.0 Å². The summed E-state index contributed by atoms with van der Waals surface area (Å²) in [6, 6.07) is 18.7. The number of esters is 1. The lowest BCUT2D eigenvalue weighted by Crippen LogP contribution is -2.37. The van der Waals surface area contributed by atoms with Gasteiger partial charge < -0.3 is 10.1 Å². The Morgan fingerprint density at radius 3 is 2.24 bits per heavy atom. The molecule has 7 nitrogen and oxygen atoms in total. The van der Waals surface area contributed by atoms with Crippen molar-refractivity contribution < 1.29 is 22.7 Å². The summed E-state index contributed by atoms with van der Waals surface area (Å²) < 4.78 is 32.4. The zero-order valence-corrected chi connectivity index (χ0v) is 19.8. The van der Waals surface area contributed by atoms with Crippen LogP contribution in [0.5, 0.6) is 0 Å². The maximum absolute atomic E-state index is 13.4. The van der Waals surface area contributed by atoms with Crippen molar-refractivity contribution in [3.8, 4) is 0 Å². The number of sulfonamides is 1. The van der Waals surface area contributed by atoms with E-state index in [9.17, 15) is 18.0 Å². The monoisotopic (exact) mass is 506 g/mol. The van der Waals surface area contributed by atoms with E-state index in [-0.39, 0.29) is 22.7 Å². The standard InChI is InChI=1S/C23H20Cl2N2O5S/c1-32-23(29)19-7-3-5-9-21(19)26-22(28)15-27(14-16-6-2-4-8-20(16)25)33(30,31)18-12-10-17(24)11-13-18/h2-13H,14-15H2,1H3,(H,26,28). The summed E-state index contributed by atoms with van der Waals surface area (Å²) in [7, 11) is -2.86. The third kappa shape index (κ3) is 6.11. The lowest BCUT2D eigenvalue weighted by Gasteiger charge is -2.23. The third-order valence-corrected chi connectivity index (χ3v) is 7.11. The molecule has 1 N–H and O–H groups in total. The number of anilines is 1. The number of hydrogen-bond acceptors (Lipinski definition) is 5. The molecular weight excluding hydrogens is 487 g/mol. The van der Waals surface area contributed by atoms with Crippen molar-refractivity contribution >= 4 is 50.8 Å². The number of hydrogen-bond donors (Lipinski definition) is 1. The molecule has 0 fully saturated rings. The summed E-state index contributed by atoms with van der Waals surface area (Å²) in [6.07, 6.45) is 0. The van der Waals surface area contributed by atoms with Crippen LogP contribution >= 0.6 is 23.2 Å². The fourth-order valence-electron chi connectivity index (χ4n) is 3.03. The largest absolute Gasteiger partial charge is 0.465 e. The molecule has 0 atom stereocenters. The first-order valence-electron chi connectivity index (χ1n) is 9.68. The summed E-state index contributed by atoms with van der Waals surface area (Å²) in [5.74, 6) is -1.27. The highest BCUT2D eigenvalue weighted by Gasteiger charge is 2.28. The molecule has 3 rings (SSSR count). The Morgan fingerprint density at radius 2 is 1.58 bits per heavy atom. The highest BCUT2D eigenvalue weighted by atomic mass is 35.5. The van der Waals surface area contributed by atoms with Crippen LogP contribution in [0.25, 0.3) is 0 Å².